The lowest BCUT2D eigenvalue weighted by molar-refractivity contribution is 0.335. The summed E-state index contributed by atoms with van der Waals surface area (Å²) < 4.78 is 6.89. The summed E-state index contributed by atoms with van der Waals surface area (Å²) in [7, 11) is 0. The quantitative estimate of drug-likeness (QED) is 0.780. The van der Waals surface area contributed by atoms with Gasteiger partial charge in [0.05, 0.1) is 6.61 Å². The molecule has 0 aromatic heterocycles. The first kappa shape index (κ1) is 14.3. The molecule has 0 amide bonds. The minimum atomic E-state index is 0.701. The van der Waals surface area contributed by atoms with Gasteiger partial charge in [-0.1, -0.05) is 30.3 Å². The molecule has 2 rings (SSSR count). The van der Waals surface area contributed by atoms with E-state index in [4.69, 9.17) is 4.74 Å². The van der Waals surface area contributed by atoms with E-state index in [0.717, 1.165) is 18.8 Å². The SMILES string of the molecule is CCOc1ccc(I)cc1CNCc1ccccc1. The molecule has 0 aliphatic carbocycles. The van der Waals surface area contributed by atoms with Crippen molar-refractivity contribution >= 4 is 22.6 Å². The molecular formula is C16H18INO. The van der Waals surface area contributed by atoms with Gasteiger partial charge in [0.25, 0.3) is 0 Å². The number of nitrogens with one attached hydrogen (secondary N) is 1. The van der Waals surface area contributed by atoms with Crippen molar-refractivity contribution in [2.75, 3.05) is 6.61 Å². The number of ether oxygens (including phenoxy) is 1. The summed E-state index contributed by atoms with van der Waals surface area (Å²) in [5.41, 5.74) is 2.51. The maximum absolute atomic E-state index is 5.65. The van der Waals surface area contributed by atoms with E-state index in [0.29, 0.717) is 6.61 Å². The van der Waals surface area contributed by atoms with Crippen LogP contribution in [0.3, 0.4) is 0 Å². The third kappa shape index (κ3) is 4.51. The molecule has 0 atom stereocenters. The van der Waals surface area contributed by atoms with Crippen LogP contribution in [-0.2, 0) is 13.1 Å². The Kier molecular flexibility index (Phi) is 5.66. The molecule has 0 spiro atoms. The molecular weight excluding hydrogens is 349 g/mol. The van der Waals surface area contributed by atoms with Crippen LogP contribution in [0, 0.1) is 3.57 Å². The van der Waals surface area contributed by atoms with Gasteiger partial charge in [-0.05, 0) is 53.3 Å². The lowest BCUT2D eigenvalue weighted by Crippen LogP contribution is -2.13. The van der Waals surface area contributed by atoms with E-state index < -0.39 is 0 Å². The fourth-order valence-electron chi connectivity index (χ4n) is 1.92. The predicted molar refractivity (Wildman–Crippen MR) is 87.3 cm³/mol. The van der Waals surface area contributed by atoms with Gasteiger partial charge in [0.2, 0.25) is 0 Å². The second-order valence-corrected chi connectivity index (χ2v) is 5.52. The van der Waals surface area contributed by atoms with Gasteiger partial charge < -0.3 is 10.1 Å². The third-order valence-corrected chi connectivity index (χ3v) is 3.48. The predicted octanol–water partition coefficient (Wildman–Crippen LogP) is 3.98. The van der Waals surface area contributed by atoms with Crippen LogP contribution in [-0.4, -0.2) is 6.61 Å². The summed E-state index contributed by atoms with van der Waals surface area (Å²) in [6, 6.07) is 16.7. The van der Waals surface area contributed by atoms with Crippen molar-refractivity contribution in [3.8, 4) is 5.75 Å². The molecule has 3 heteroatoms. The highest BCUT2D eigenvalue weighted by Gasteiger charge is 2.04. The van der Waals surface area contributed by atoms with Gasteiger partial charge in [0.15, 0.2) is 0 Å². The van der Waals surface area contributed by atoms with Crippen LogP contribution < -0.4 is 10.1 Å². The largest absolute Gasteiger partial charge is 0.494 e. The monoisotopic (exact) mass is 367 g/mol. The minimum absolute atomic E-state index is 0.701. The number of benzene rings is 2. The van der Waals surface area contributed by atoms with E-state index in [-0.39, 0.29) is 0 Å². The van der Waals surface area contributed by atoms with Crippen molar-refractivity contribution in [3.63, 3.8) is 0 Å². The van der Waals surface area contributed by atoms with Gasteiger partial charge in [-0.25, -0.2) is 0 Å². The van der Waals surface area contributed by atoms with Crippen LogP contribution in [0.5, 0.6) is 5.75 Å². The van der Waals surface area contributed by atoms with Crippen molar-refractivity contribution in [2.24, 2.45) is 0 Å². The number of halogens is 1. The van der Waals surface area contributed by atoms with Crippen LogP contribution >= 0.6 is 22.6 Å². The normalized spacial score (nSPS) is 10.4. The van der Waals surface area contributed by atoms with Gasteiger partial charge in [0.1, 0.15) is 5.75 Å². The van der Waals surface area contributed by atoms with Crippen molar-refractivity contribution in [1.82, 2.24) is 5.32 Å². The molecule has 0 bridgehead atoms. The van der Waals surface area contributed by atoms with Gasteiger partial charge >= 0.3 is 0 Å². The average molecular weight is 367 g/mol. The zero-order valence-corrected chi connectivity index (χ0v) is 13.2. The Morgan fingerprint density at radius 1 is 1.05 bits per heavy atom. The summed E-state index contributed by atoms with van der Waals surface area (Å²) in [6.07, 6.45) is 0. The van der Waals surface area contributed by atoms with Gasteiger partial charge in [-0.2, -0.15) is 0 Å². The molecule has 2 aromatic carbocycles. The summed E-state index contributed by atoms with van der Waals surface area (Å²) in [5, 5.41) is 3.46. The highest BCUT2D eigenvalue weighted by molar-refractivity contribution is 14.1. The Morgan fingerprint density at radius 2 is 1.84 bits per heavy atom. The zero-order valence-electron chi connectivity index (χ0n) is 11.0. The van der Waals surface area contributed by atoms with Crippen LogP contribution in [0.2, 0.25) is 0 Å². The highest BCUT2D eigenvalue weighted by atomic mass is 127. The average Bonchev–Trinajstić information content (AvgIpc) is 2.43. The molecule has 100 valence electrons. The Morgan fingerprint density at radius 3 is 2.58 bits per heavy atom. The van der Waals surface area contributed by atoms with Crippen LogP contribution in [0.25, 0.3) is 0 Å². The summed E-state index contributed by atoms with van der Waals surface area (Å²) in [5.74, 6) is 0.975. The lowest BCUT2D eigenvalue weighted by atomic mass is 10.2. The van der Waals surface area contributed by atoms with Gasteiger partial charge in [-0.15, -0.1) is 0 Å². The third-order valence-electron chi connectivity index (χ3n) is 2.81. The molecule has 0 fully saturated rings. The molecule has 0 heterocycles. The molecule has 2 nitrogen and oxygen atoms in total. The second-order valence-electron chi connectivity index (χ2n) is 4.27. The van der Waals surface area contributed by atoms with Crippen molar-refractivity contribution < 1.29 is 4.74 Å². The number of rotatable bonds is 6. The van der Waals surface area contributed by atoms with Crippen molar-refractivity contribution in [3.05, 3.63) is 63.2 Å². The van der Waals surface area contributed by atoms with Crippen molar-refractivity contribution in [1.29, 1.82) is 0 Å². The molecule has 0 aliphatic heterocycles. The molecule has 0 saturated carbocycles. The summed E-state index contributed by atoms with van der Waals surface area (Å²) in [4.78, 5) is 0. The lowest BCUT2D eigenvalue weighted by Gasteiger charge is -2.11. The maximum Gasteiger partial charge on any atom is 0.123 e. The van der Waals surface area contributed by atoms with Crippen LogP contribution in [0.4, 0.5) is 0 Å². The first-order valence-corrected chi connectivity index (χ1v) is 7.53. The van der Waals surface area contributed by atoms with Crippen molar-refractivity contribution in [2.45, 2.75) is 20.0 Å². The summed E-state index contributed by atoms with van der Waals surface area (Å²) >= 11 is 2.33. The van der Waals surface area contributed by atoms with Gasteiger partial charge in [0, 0.05) is 22.2 Å². The standard InChI is InChI=1S/C16H18INO/c1-2-19-16-9-8-15(17)10-14(16)12-18-11-13-6-4-3-5-7-13/h3-10,18H,2,11-12H2,1H3. The zero-order chi connectivity index (χ0) is 13.5. The number of hydrogen-bond donors (Lipinski definition) is 1. The maximum atomic E-state index is 5.65. The first-order valence-electron chi connectivity index (χ1n) is 6.45. The van der Waals surface area contributed by atoms with E-state index in [9.17, 15) is 0 Å². The fourth-order valence-corrected chi connectivity index (χ4v) is 2.48. The second kappa shape index (κ2) is 7.50. The Balaban J connectivity index is 1.96. The van der Waals surface area contributed by atoms with Gasteiger partial charge in [-0.3, -0.25) is 0 Å². The topological polar surface area (TPSA) is 21.3 Å². The Bertz CT molecular complexity index is 513. The van der Waals surface area contributed by atoms with Crippen LogP contribution in [0.1, 0.15) is 18.1 Å². The highest BCUT2D eigenvalue weighted by Crippen LogP contribution is 2.21. The summed E-state index contributed by atoms with van der Waals surface area (Å²) in [6.45, 7) is 4.41. The molecule has 2 aromatic rings. The van der Waals surface area contributed by atoms with Crippen LogP contribution in [0.15, 0.2) is 48.5 Å². The molecule has 0 aliphatic rings. The Labute approximate surface area is 128 Å². The molecule has 0 unspecified atom stereocenters. The molecule has 1 N–H and O–H groups in total. The Hall–Kier alpha value is -1.07. The molecule has 19 heavy (non-hydrogen) atoms. The van der Waals surface area contributed by atoms with E-state index in [1.54, 1.807) is 0 Å². The van der Waals surface area contributed by atoms with E-state index in [1.165, 1.54) is 14.7 Å². The minimum Gasteiger partial charge on any atom is -0.494 e. The number of hydrogen-bond acceptors (Lipinski definition) is 2. The first-order chi connectivity index (χ1) is 9.29. The molecule has 0 radical (unpaired) electrons. The van der Waals surface area contributed by atoms with E-state index >= 15 is 0 Å². The van der Waals surface area contributed by atoms with E-state index in [2.05, 4.69) is 64.3 Å². The van der Waals surface area contributed by atoms with E-state index in [1.807, 2.05) is 19.1 Å². The fraction of sp³-hybridized carbons (Fsp3) is 0.250. The molecule has 0 saturated heterocycles. The smallest absolute Gasteiger partial charge is 0.123 e.